The summed E-state index contributed by atoms with van der Waals surface area (Å²) in [6.07, 6.45) is -0.165. The van der Waals surface area contributed by atoms with Crippen LogP contribution in [0.2, 0.25) is 0 Å². The van der Waals surface area contributed by atoms with Gasteiger partial charge in [-0.25, -0.2) is 0 Å². The van der Waals surface area contributed by atoms with Crippen molar-refractivity contribution in [3.05, 3.63) is 46.6 Å². The van der Waals surface area contributed by atoms with Gasteiger partial charge in [0.05, 0.1) is 0 Å². The second-order valence-corrected chi connectivity index (χ2v) is 4.78. The van der Waals surface area contributed by atoms with Crippen molar-refractivity contribution in [1.82, 2.24) is 0 Å². The first-order chi connectivity index (χ1) is 8.66. The topological polar surface area (TPSA) is 53.3 Å². The summed E-state index contributed by atoms with van der Waals surface area (Å²) in [5.41, 5.74) is 1.30. The normalized spacial score (nSPS) is 11.2. The van der Waals surface area contributed by atoms with Gasteiger partial charge in [0.2, 0.25) is 0 Å². The van der Waals surface area contributed by atoms with Gasteiger partial charge in [-0.3, -0.25) is 0 Å². The zero-order valence-corrected chi connectivity index (χ0v) is 10.9. The zero-order chi connectivity index (χ0) is 12.7. The molecular formula is C14H8BrO3-. The maximum absolute atomic E-state index is 10.8. The van der Waals surface area contributed by atoms with E-state index in [9.17, 15) is 9.90 Å². The molecule has 0 atom stereocenters. The number of carbonyl (C=O) groups is 1. The van der Waals surface area contributed by atoms with Gasteiger partial charge in [-0.05, 0) is 32.8 Å². The van der Waals surface area contributed by atoms with E-state index in [1.165, 1.54) is 0 Å². The molecule has 0 bridgehead atoms. The van der Waals surface area contributed by atoms with Gasteiger partial charge in [-0.1, -0.05) is 30.3 Å². The summed E-state index contributed by atoms with van der Waals surface area (Å²) in [7, 11) is 0. The van der Waals surface area contributed by atoms with E-state index in [0.29, 0.717) is 15.8 Å². The molecule has 0 radical (unpaired) electrons. The average Bonchev–Trinajstić information content (AvgIpc) is 2.66. The minimum atomic E-state index is -1.12. The fraction of sp³-hybridized carbons (Fsp3) is 0.0714. The molecule has 0 saturated carbocycles. The molecule has 1 heterocycles. The maximum Gasteiger partial charge on any atom is 0.174 e. The highest BCUT2D eigenvalue weighted by molar-refractivity contribution is 9.10. The van der Waals surface area contributed by atoms with Gasteiger partial charge in [0.25, 0.3) is 0 Å². The predicted molar refractivity (Wildman–Crippen MR) is 70.1 cm³/mol. The van der Waals surface area contributed by atoms with E-state index in [0.717, 1.165) is 16.2 Å². The van der Waals surface area contributed by atoms with Crippen LogP contribution in [0.15, 0.2) is 45.5 Å². The Morgan fingerprint density at radius 1 is 1.22 bits per heavy atom. The van der Waals surface area contributed by atoms with Crippen molar-refractivity contribution in [3.8, 4) is 0 Å². The molecule has 3 aromatic rings. The molecule has 0 saturated heterocycles. The Bertz CT molecular complexity index is 758. The van der Waals surface area contributed by atoms with E-state index < -0.39 is 5.97 Å². The highest BCUT2D eigenvalue weighted by Crippen LogP contribution is 2.35. The second kappa shape index (κ2) is 4.14. The molecule has 3 rings (SSSR count). The SMILES string of the molecule is O=C([O-])Cc1c(Br)oc2ccc3ccccc3c12. The third-order valence-electron chi connectivity index (χ3n) is 2.95. The first kappa shape index (κ1) is 11.3. The lowest BCUT2D eigenvalue weighted by Crippen LogP contribution is -2.24. The van der Waals surface area contributed by atoms with Crippen LogP contribution in [-0.2, 0) is 11.2 Å². The molecule has 0 fully saturated rings. The van der Waals surface area contributed by atoms with Crippen LogP contribution < -0.4 is 5.11 Å². The monoisotopic (exact) mass is 303 g/mol. The zero-order valence-electron chi connectivity index (χ0n) is 9.27. The molecule has 0 unspecified atom stereocenters. The number of aliphatic carboxylic acids is 1. The van der Waals surface area contributed by atoms with Crippen molar-refractivity contribution < 1.29 is 14.3 Å². The number of rotatable bonds is 2. The first-order valence-electron chi connectivity index (χ1n) is 5.45. The molecular weight excluding hydrogens is 296 g/mol. The molecule has 90 valence electrons. The van der Waals surface area contributed by atoms with Gasteiger partial charge >= 0.3 is 0 Å². The summed E-state index contributed by atoms with van der Waals surface area (Å²) in [6.45, 7) is 0. The molecule has 1 aromatic heterocycles. The predicted octanol–water partition coefficient (Wildman–Crippen LogP) is 2.64. The lowest BCUT2D eigenvalue weighted by Gasteiger charge is -2.03. The highest BCUT2D eigenvalue weighted by Gasteiger charge is 2.14. The number of hydrogen-bond donors (Lipinski definition) is 0. The number of carboxylic acids is 1. The number of carboxylic acid groups (broad SMARTS) is 1. The average molecular weight is 304 g/mol. The summed E-state index contributed by atoms with van der Waals surface area (Å²) in [5.74, 6) is -1.12. The van der Waals surface area contributed by atoms with Crippen molar-refractivity contribution in [1.29, 1.82) is 0 Å². The Morgan fingerprint density at radius 2 is 2.00 bits per heavy atom. The van der Waals surface area contributed by atoms with E-state index in [4.69, 9.17) is 4.42 Å². The van der Waals surface area contributed by atoms with Crippen LogP contribution in [0.1, 0.15) is 5.56 Å². The molecule has 0 N–H and O–H groups in total. The van der Waals surface area contributed by atoms with E-state index in [1.807, 2.05) is 36.4 Å². The van der Waals surface area contributed by atoms with E-state index >= 15 is 0 Å². The third-order valence-corrected chi connectivity index (χ3v) is 3.59. The van der Waals surface area contributed by atoms with Crippen LogP contribution in [0.4, 0.5) is 0 Å². The molecule has 0 aliphatic heterocycles. The minimum Gasteiger partial charge on any atom is -0.550 e. The van der Waals surface area contributed by atoms with Crippen molar-refractivity contribution in [2.75, 3.05) is 0 Å². The number of furan rings is 1. The standard InChI is InChI=1S/C14H9BrO3/c15-14-10(7-12(16)17)13-9-4-2-1-3-8(9)5-6-11(13)18-14/h1-6H,7H2,(H,16,17)/p-1. The van der Waals surface area contributed by atoms with E-state index in [-0.39, 0.29) is 6.42 Å². The van der Waals surface area contributed by atoms with Crippen LogP contribution >= 0.6 is 15.9 Å². The summed E-state index contributed by atoms with van der Waals surface area (Å²) < 4.78 is 5.99. The van der Waals surface area contributed by atoms with Crippen LogP contribution in [-0.4, -0.2) is 5.97 Å². The number of hydrogen-bond acceptors (Lipinski definition) is 3. The number of carbonyl (C=O) groups excluding carboxylic acids is 1. The van der Waals surface area contributed by atoms with Crippen LogP contribution in [0.25, 0.3) is 21.7 Å². The van der Waals surface area contributed by atoms with Crippen LogP contribution in [0.5, 0.6) is 0 Å². The van der Waals surface area contributed by atoms with E-state index in [2.05, 4.69) is 15.9 Å². The Balaban J connectivity index is 2.43. The Labute approximate surface area is 111 Å². The largest absolute Gasteiger partial charge is 0.550 e. The summed E-state index contributed by atoms with van der Waals surface area (Å²) in [4.78, 5) is 10.8. The molecule has 0 amide bonds. The Morgan fingerprint density at radius 3 is 2.78 bits per heavy atom. The summed E-state index contributed by atoms with van der Waals surface area (Å²) in [5, 5.41) is 13.7. The minimum absolute atomic E-state index is 0.165. The molecule has 18 heavy (non-hydrogen) atoms. The van der Waals surface area contributed by atoms with Crippen LogP contribution in [0, 0.1) is 0 Å². The van der Waals surface area contributed by atoms with Crippen molar-refractivity contribution >= 4 is 43.6 Å². The highest BCUT2D eigenvalue weighted by atomic mass is 79.9. The quantitative estimate of drug-likeness (QED) is 0.731. The van der Waals surface area contributed by atoms with Crippen molar-refractivity contribution in [3.63, 3.8) is 0 Å². The number of fused-ring (bicyclic) bond motifs is 3. The summed E-state index contributed by atoms with van der Waals surface area (Å²) >= 11 is 3.27. The molecule has 4 heteroatoms. The molecule has 0 aliphatic carbocycles. The van der Waals surface area contributed by atoms with Gasteiger partial charge in [0, 0.05) is 23.3 Å². The van der Waals surface area contributed by atoms with Crippen LogP contribution in [0.3, 0.4) is 0 Å². The third kappa shape index (κ3) is 1.69. The Hall–Kier alpha value is -1.81. The van der Waals surface area contributed by atoms with Gasteiger partial charge < -0.3 is 14.3 Å². The lowest BCUT2D eigenvalue weighted by molar-refractivity contribution is -0.304. The fourth-order valence-electron chi connectivity index (χ4n) is 2.21. The molecule has 0 aliphatic rings. The fourth-order valence-corrected chi connectivity index (χ4v) is 2.72. The molecule has 3 nitrogen and oxygen atoms in total. The lowest BCUT2D eigenvalue weighted by atomic mass is 10.0. The van der Waals surface area contributed by atoms with Gasteiger partial charge in [0.1, 0.15) is 5.58 Å². The maximum atomic E-state index is 10.8. The number of halogens is 1. The van der Waals surface area contributed by atoms with Gasteiger partial charge in [-0.15, -0.1) is 0 Å². The van der Waals surface area contributed by atoms with Gasteiger partial charge in [-0.2, -0.15) is 0 Å². The van der Waals surface area contributed by atoms with Crippen molar-refractivity contribution in [2.24, 2.45) is 0 Å². The summed E-state index contributed by atoms with van der Waals surface area (Å²) in [6, 6.07) is 11.6. The van der Waals surface area contributed by atoms with Gasteiger partial charge in [0.15, 0.2) is 4.67 Å². The first-order valence-corrected chi connectivity index (χ1v) is 6.24. The smallest absolute Gasteiger partial charge is 0.174 e. The molecule has 2 aromatic carbocycles. The van der Waals surface area contributed by atoms with E-state index in [1.54, 1.807) is 0 Å². The number of benzene rings is 2. The van der Waals surface area contributed by atoms with Crippen molar-refractivity contribution in [2.45, 2.75) is 6.42 Å². The Kier molecular flexibility index (Phi) is 2.59. The second-order valence-electron chi connectivity index (χ2n) is 4.06. The molecule has 0 spiro atoms.